The molecular formula is C20H18ClN3O3S2. The Morgan fingerprint density at radius 3 is 2.45 bits per heavy atom. The van der Waals surface area contributed by atoms with Crippen LogP contribution in [0.25, 0.3) is 0 Å². The van der Waals surface area contributed by atoms with Gasteiger partial charge in [0.05, 0.1) is 10.6 Å². The van der Waals surface area contributed by atoms with Gasteiger partial charge < -0.3 is 4.57 Å². The van der Waals surface area contributed by atoms with Gasteiger partial charge in [0.25, 0.3) is 0 Å². The number of Topliss-reactive ketones (excluding diaryl/α,β-unsaturated/α-hetero) is 1. The number of rotatable bonds is 9. The van der Waals surface area contributed by atoms with Crippen LogP contribution in [0.2, 0.25) is 5.02 Å². The number of allylic oxidation sites excluding steroid dienone is 1. The third kappa shape index (κ3) is 5.35. The summed E-state index contributed by atoms with van der Waals surface area (Å²) in [6.07, 6.45) is 1.63. The monoisotopic (exact) mass is 447 g/mol. The maximum absolute atomic E-state index is 12.7. The summed E-state index contributed by atoms with van der Waals surface area (Å²) in [7, 11) is -3.57. The van der Waals surface area contributed by atoms with Crippen LogP contribution in [0.3, 0.4) is 0 Å². The maximum Gasteiger partial charge on any atom is 0.191 e. The van der Waals surface area contributed by atoms with Crippen molar-refractivity contribution in [1.29, 1.82) is 0 Å². The second-order valence-electron chi connectivity index (χ2n) is 6.09. The fourth-order valence-electron chi connectivity index (χ4n) is 2.58. The van der Waals surface area contributed by atoms with E-state index in [2.05, 4.69) is 16.8 Å². The number of hydrogen-bond donors (Lipinski definition) is 0. The fraction of sp³-hybridized carbons (Fsp3) is 0.150. The number of ketones is 1. The van der Waals surface area contributed by atoms with Gasteiger partial charge in [-0.3, -0.25) is 4.79 Å². The molecule has 0 amide bonds. The van der Waals surface area contributed by atoms with Gasteiger partial charge in [-0.05, 0) is 36.4 Å². The maximum atomic E-state index is 12.7. The van der Waals surface area contributed by atoms with E-state index >= 15 is 0 Å². The van der Waals surface area contributed by atoms with Crippen LogP contribution in [-0.4, -0.2) is 34.7 Å². The van der Waals surface area contributed by atoms with E-state index in [-0.39, 0.29) is 22.2 Å². The van der Waals surface area contributed by atoms with E-state index in [9.17, 15) is 13.2 Å². The fourth-order valence-corrected chi connectivity index (χ4v) is 4.85. The SMILES string of the molecule is C=CCn1c(CS(=O)(=O)c2ccccc2)nnc1SCC(=O)c1ccc(Cl)cc1. The van der Waals surface area contributed by atoms with Crippen LogP contribution in [-0.2, 0) is 22.1 Å². The molecule has 1 heterocycles. The minimum atomic E-state index is -3.57. The molecule has 0 aliphatic rings. The predicted octanol–water partition coefficient (Wildman–Crippen LogP) is 4.07. The number of carbonyl (C=O) groups excluding carboxylic acids is 1. The van der Waals surface area contributed by atoms with Gasteiger partial charge in [0.2, 0.25) is 0 Å². The summed E-state index contributed by atoms with van der Waals surface area (Å²) in [6, 6.07) is 14.8. The second kappa shape index (κ2) is 9.39. The van der Waals surface area contributed by atoms with Crippen molar-refractivity contribution in [1.82, 2.24) is 14.8 Å². The zero-order valence-corrected chi connectivity index (χ0v) is 17.8. The molecule has 150 valence electrons. The summed E-state index contributed by atoms with van der Waals surface area (Å²) in [5, 5.41) is 9.15. The van der Waals surface area contributed by atoms with Crippen LogP contribution in [0.15, 0.2) is 77.3 Å². The third-order valence-electron chi connectivity index (χ3n) is 4.03. The summed E-state index contributed by atoms with van der Waals surface area (Å²) >= 11 is 7.05. The van der Waals surface area contributed by atoms with Crippen molar-refractivity contribution in [3.63, 3.8) is 0 Å². The van der Waals surface area contributed by atoms with E-state index in [4.69, 9.17) is 11.6 Å². The van der Waals surface area contributed by atoms with Gasteiger partial charge in [0, 0.05) is 17.1 Å². The average Bonchev–Trinajstić information content (AvgIpc) is 3.08. The Morgan fingerprint density at radius 1 is 1.10 bits per heavy atom. The van der Waals surface area contributed by atoms with Crippen molar-refractivity contribution in [3.05, 3.63) is 83.7 Å². The molecule has 9 heteroatoms. The lowest BCUT2D eigenvalue weighted by atomic mass is 10.1. The number of aromatic nitrogens is 3. The van der Waals surface area contributed by atoms with Crippen LogP contribution in [0.5, 0.6) is 0 Å². The van der Waals surface area contributed by atoms with Gasteiger partial charge in [-0.15, -0.1) is 16.8 Å². The largest absolute Gasteiger partial charge is 0.301 e. The molecule has 0 saturated heterocycles. The first kappa shape index (κ1) is 21.3. The lowest BCUT2D eigenvalue weighted by Gasteiger charge is -2.08. The quantitative estimate of drug-likeness (QED) is 0.279. The van der Waals surface area contributed by atoms with Crippen LogP contribution in [0.1, 0.15) is 16.2 Å². The van der Waals surface area contributed by atoms with E-state index in [0.717, 1.165) is 0 Å². The molecular weight excluding hydrogens is 430 g/mol. The molecule has 3 rings (SSSR count). The normalized spacial score (nSPS) is 11.3. The highest BCUT2D eigenvalue weighted by atomic mass is 35.5. The summed E-state index contributed by atoms with van der Waals surface area (Å²) in [5.74, 6) is 0.0692. The first-order chi connectivity index (χ1) is 13.9. The zero-order valence-electron chi connectivity index (χ0n) is 15.4. The Bertz CT molecular complexity index is 1110. The lowest BCUT2D eigenvalue weighted by Crippen LogP contribution is -2.12. The smallest absolute Gasteiger partial charge is 0.191 e. The molecule has 3 aromatic rings. The predicted molar refractivity (Wildman–Crippen MR) is 114 cm³/mol. The molecule has 0 N–H and O–H groups in total. The molecule has 0 unspecified atom stereocenters. The van der Waals surface area contributed by atoms with Gasteiger partial charge in [-0.1, -0.05) is 47.6 Å². The second-order valence-corrected chi connectivity index (χ2v) is 9.46. The van der Waals surface area contributed by atoms with Crippen LogP contribution < -0.4 is 0 Å². The summed E-state index contributed by atoms with van der Waals surface area (Å²) in [4.78, 5) is 12.6. The lowest BCUT2D eigenvalue weighted by molar-refractivity contribution is 0.102. The number of nitrogens with zero attached hydrogens (tertiary/aromatic N) is 3. The molecule has 0 bridgehead atoms. The summed E-state index contributed by atoms with van der Waals surface area (Å²) in [5.41, 5.74) is 0.545. The molecule has 0 radical (unpaired) electrons. The Hall–Kier alpha value is -2.42. The Kier molecular flexibility index (Phi) is 6.89. The number of thioether (sulfide) groups is 1. The molecule has 0 atom stereocenters. The van der Waals surface area contributed by atoms with E-state index < -0.39 is 9.84 Å². The molecule has 0 fully saturated rings. The zero-order chi connectivity index (χ0) is 20.9. The first-order valence-electron chi connectivity index (χ1n) is 8.63. The van der Waals surface area contributed by atoms with Crippen molar-refractivity contribution in [2.24, 2.45) is 0 Å². The summed E-state index contributed by atoms with van der Waals surface area (Å²) in [6.45, 7) is 4.05. The number of benzene rings is 2. The van der Waals surface area contributed by atoms with Crippen molar-refractivity contribution >= 4 is 39.0 Å². The van der Waals surface area contributed by atoms with E-state index in [1.54, 1.807) is 65.2 Å². The molecule has 0 saturated carbocycles. The number of sulfone groups is 1. The number of hydrogen-bond acceptors (Lipinski definition) is 6. The molecule has 1 aromatic heterocycles. The standard InChI is InChI=1S/C20H18ClN3O3S2/c1-2-12-24-19(14-29(26,27)17-6-4-3-5-7-17)22-23-20(24)28-13-18(25)15-8-10-16(21)11-9-15/h2-11H,1,12-14H2. The minimum absolute atomic E-state index is 0.0849. The van der Waals surface area contributed by atoms with Gasteiger partial charge in [-0.2, -0.15) is 0 Å². The minimum Gasteiger partial charge on any atom is -0.301 e. The van der Waals surface area contributed by atoms with Crippen molar-refractivity contribution in [3.8, 4) is 0 Å². The first-order valence-corrected chi connectivity index (χ1v) is 11.6. The number of carbonyl (C=O) groups is 1. The average molecular weight is 448 g/mol. The molecule has 0 aliphatic carbocycles. The van der Waals surface area contributed by atoms with Crippen molar-refractivity contribution < 1.29 is 13.2 Å². The molecule has 0 spiro atoms. The van der Waals surface area contributed by atoms with E-state index in [0.29, 0.717) is 28.1 Å². The van der Waals surface area contributed by atoms with E-state index in [1.807, 2.05) is 0 Å². The van der Waals surface area contributed by atoms with Gasteiger partial charge in [0.15, 0.2) is 20.8 Å². The Labute approximate surface area is 178 Å². The highest BCUT2D eigenvalue weighted by molar-refractivity contribution is 7.99. The van der Waals surface area contributed by atoms with E-state index in [1.165, 1.54) is 11.8 Å². The molecule has 2 aromatic carbocycles. The highest BCUT2D eigenvalue weighted by Crippen LogP contribution is 2.22. The highest BCUT2D eigenvalue weighted by Gasteiger charge is 2.21. The third-order valence-corrected chi connectivity index (χ3v) is 6.87. The Morgan fingerprint density at radius 2 is 1.79 bits per heavy atom. The molecule has 0 aliphatic heterocycles. The van der Waals surface area contributed by atoms with Crippen LogP contribution in [0.4, 0.5) is 0 Å². The molecule has 29 heavy (non-hydrogen) atoms. The Balaban J connectivity index is 1.77. The van der Waals surface area contributed by atoms with Crippen LogP contribution in [0, 0.1) is 0 Å². The van der Waals surface area contributed by atoms with Gasteiger partial charge >= 0.3 is 0 Å². The molecule has 6 nitrogen and oxygen atoms in total. The van der Waals surface area contributed by atoms with Crippen molar-refractivity contribution in [2.45, 2.75) is 22.3 Å². The summed E-state index contributed by atoms with van der Waals surface area (Å²) < 4.78 is 27.0. The van der Waals surface area contributed by atoms with Crippen LogP contribution >= 0.6 is 23.4 Å². The van der Waals surface area contributed by atoms with Gasteiger partial charge in [0.1, 0.15) is 11.6 Å². The van der Waals surface area contributed by atoms with Crippen molar-refractivity contribution in [2.75, 3.05) is 5.75 Å². The van der Waals surface area contributed by atoms with Gasteiger partial charge in [-0.25, -0.2) is 8.42 Å². The number of halogens is 1. The topological polar surface area (TPSA) is 81.9 Å².